The van der Waals surface area contributed by atoms with Gasteiger partial charge >= 0.3 is 0 Å². The summed E-state index contributed by atoms with van der Waals surface area (Å²) in [5, 5.41) is 6.91. The molecule has 0 saturated carbocycles. The molecule has 0 aliphatic carbocycles. The zero-order valence-electron chi connectivity index (χ0n) is 11.5. The van der Waals surface area contributed by atoms with Crippen LogP contribution in [-0.2, 0) is 0 Å². The van der Waals surface area contributed by atoms with Gasteiger partial charge < -0.3 is 5.32 Å². The van der Waals surface area contributed by atoms with Crippen molar-refractivity contribution in [1.29, 1.82) is 0 Å². The fraction of sp³-hybridized carbons (Fsp3) is 0.118. The Kier molecular flexibility index (Phi) is 4.00. The zero-order chi connectivity index (χ0) is 14.8. The normalized spacial score (nSPS) is 12.3. The molecular formula is C17H14Cl2N2. The summed E-state index contributed by atoms with van der Waals surface area (Å²) in [6, 6.07) is 13.9. The van der Waals surface area contributed by atoms with Gasteiger partial charge in [0, 0.05) is 28.9 Å². The first-order valence-corrected chi connectivity index (χ1v) is 7.45. The average Bonchev–Trinajstić information content (AvgIpc) is 2.50. The second-order valence-electron chi connectivity index (χ2n) is 4.91. The van der Waals surface area contributed by atoms with Gasteiger partial charge in [-0.3, -0.25) is 4.98 Å². The van der Waals surface area contributed by atoms with Gasteiger partial charge in [0.05, 0.1) is 16.1 Å². The summed E-state index contributed by atoms with van der Waals surface area (Å²) in [7, 11) is 0. The van der Waals surface area contributed by atoms with Crippen molar-refractivity contribution in [3.63, 3.8) is 0 Å². The number of pyridine rings is 1. The van der Waals surface area contributed by atoms with E-state index in [-0.39, 0.29) is 6.04 Å². The molecule has 0 aliphatic heterocycles. The van der Waals surface area contributed by atoms with E-state index in [9.17, 15) is 0 Å². The van der Waals surface area contributed by atoms with E-state index in [0.717, 1.165) is 22.0 Å². The molecule has 2 nitrogen and oxygen atoms in total. The highest BCUT2D eigenvalue weighted by Crippen LogP contribution is 2.33. The standard InChI is InChI=1S/C17H14Cl2N2/c1-11(13-5-3-6-15(18)17(13)19)21-16-7-2-4-12-10-20-9-8-14(12)16/h2-11,21H,1H3. The van der Waals surface area contributed by atoms with E-state index in [1.807, 2.05) is 36.5 Å². The Morgan fingerprint density at radius 3 is 2.71 bits per heavy atom. The van der Waals surface area contributed by atoms with E-state index >= 15 is 0 Å². The average molecular weight is 317 g/mol. The van der Waals surface area contributed by atoms with Gasteiger partial charge in [-0.25, -0.2) is 0 Å². The summed E-state index contributed by atoms with van der Waals surface area (Å²) in [6.45, 7) is 2.07. The third kappa shape index (κ3) is 2.82. The topological polar surface area (TPSA) is 24.9 Å². The number of halogens is 2. The number of hydrogen-bond acceptors (Lipinski definition) is 2. The monoisotopic (exact) mass is 316 g/mol. The maximum absolute atomic E-state index is 6.29. The lowest BCUT2D eigenvalue weighted by Gasteiger charge is -2.19. The molecule has 0 aliphatic rings. The largest absolute Gasteiger partial charge is 0.378 e. The molecule has 4 heteroatoms. The molecule has 0 spiro atoms. The second-order valence-corrected chi connectivity index (χ2v) is 5.70. The molecule has 2 aromatic carbocycles. The predicted molar refractivity (Wildman–Crippen MR) is 90.2 cm³/mol. The first-order valence-electron chi connectivity index (χ1n) is 6.70. The Morgan fingerprint density at radius 1 is 1.05 bits per heavy atom. The number of hydrogen-bond donors (Lipinski definition) is 1. The molecule has 3 aromatic rings. The molecule has 106 valence electrons. The van der Waals surface area contributed by atoms with Crippen LogP contribution in [0.3, 0.4) is 0 Å². The fourth-order valence-corrected chi connectivity index (χ4v) is 2.89. The first kappa shape index (κ1) is 14.2. The lowest BCUT2D eigenvalue weighted by atomic mass is 10.1. The molecule has 1 unspecified atom stereocenters. The zero-order valence-corrected chi connectivity index (χ0v) is 13.0. The molecule has 3 rings (SSSR count). The fourth-order valence-electron chi connectivity index (χ4n) is 2.41. The van der Waals surface area contributed by atoms with E-state index in [4.69, 9.17) is 23.2 Å². The molecule has 0 radical (unpaired) electrons. The number of benzene rings is 2. The number of fused-ring (bicyclic) bond motifs is 1. The van der Waals surface area contributed by atoms with Crippen LogP contribution in [0.15, 0.2) is 54.9 Å². The minimum Gasteiger partial charge on any atom is -0.378 e. The van der Waals surface area contributed by atoms with Crippen molar-refractivity contribution in [2.24, 2.45) is 0 Å². The first-order chi connectivity index (χ1) is 10.2. The van der Waals surface area contributed by atoms with E-state index < -0.39 is 0 Å². The van der Waals surface area contributed by atoms with Gasteiger partial charge in [-0.05, 0) is 30.7 Å². The maximum atomic E-state index is 6.29. The van der Waals surface area contributed by atoms with Gasteiger partial charge in [-0.2, -0.15) is 0 Å². The smallest absolute Gasteiger partial charge is 0.0644 e. The van der Waals surface area contributed by atoms with Crippen LogP contribution in [0.25, 0.3) is 10.8 Å². The van der Waals surface area contributed by atoms with Gasteiger partial charge in [0.25, 0.3) is 0 Å². The summed E-state index contributed by atoms with van der Waals surface area (Å²) < 4.78 is 0. The number of nitrogens with one attached hydrogen (secondary N) is 1. The maximum Gasteiger partial charge on any atom is 0.0644 e. The van der Waals surface area contributed by atoms with Crippen molar-refractivity contribution in [2.45, 2.75) is 13.0 Å². The van der Waals surface area contributed by atoms with E-state index in [2.05, 4.69) is 23.3 Å². The minimum atomic E-state index is 0.0509. The van der Waals surface area contributed by atoms with Gasteiger partial charge in [-0.1, -0.05) is 47.5 Å². The molecule has 0 saturated heterocycles. The Bertz CT molecular complexity index is 781. The van der Waals surface area contributed by atoms with Gasteiger partial charge in [0.2, 0.25) is 0 Å². The number of anilines is 1. The Morgan fingerprint density at radius 2 is 1.86 bits per heavy atom. The highest BCUT2D eigenvalue weighted by atomic mass is 35.5. The van der Waals surface area contributed by atoms with Gasteiger partial charge in [0.15, 0.2) is 0 Å². The van der Waals surface area contributed by atoms with E-state index in [1.165, 1.54) is 0 Å². The minimum absolute atomic E-state index is 0.0509. The molecule has 1 aromatic heterocycles. The Balaban J connectivity index is 1.97. The van der Waals surface area contributed by atoms with Gasteiger partial charge in [-0.15, -0.1) is 0 Å². The Labute approximate surface area is 133 Å². The summed E-state index contributed by atoms with van der Waals surface area (Å²) in [6.07, 6.45) is 3.65. The molecule has 0 bridgehead atoms. The number of aromatic nitrogens is 1. The number of nitrogens with zero attached hydrogens (tertiary/aromatic N) is 1. The molecule has 0 amide bonds. The molecule has 0 fully saturated rings. The molecule has 1 atom stereocenters. The van der Waals surface area contributed by atoms with Gasteiger partial charge in [0.1, 0.15) is 0 Å². The summed E-state index contributed by atoms with van der Waals surface area (Å²) in [5.74, 6) is 0. The quantitative estimate of drug-likeness (QED) is 0.669. The van der Waals surface area contributed by atoms with E-state index in [0.29, 0.717) is 10.0 Å². The molecule has 21 heavy (non-hydrogen) atoms. The number of rotatable bonds is 3. The van der Waals surface area contributed by atoms with Crippen molar-refractivity contribution < 1.29 is 0 Å². The van der Waals surface area contributed by atoms with Crippen LogP contribution in [0.5, 0.6) is 0 Å². The van der Waals surface area contributed by atoms with Crippen LogP contribution >= 0.6 is 23.2 Å². The van der Waals surface area contributed by atoms with Crippen molar-refractivity contribution in [3.05, 3.63) is 70.5 Å². The van der Waals surface area contributed by atoms with Crippen LogP contribution < -0.4 is 5.32 Å². The highest BCUT2D eigenvalue weighted by Gasteiger charge is 2.12. The van der Waals surface area contributed by atoms with Crippen LogP contribution in [0.1, 0.15) is 18.5 Å². The molecular weight excluding hydrogens is 303 g/mol. The summed E-state index contributed by atoms with van der Waals surface area (Å²) in [4.78, 5) is 4.15. The van der Waals surface area contributed by atoms with Crippen LogP contribution in [0, 0.1) is 0 Å². The van der Waals surface area contributed by atoms with Crippen molar-refractivity contribution in [1.82, 2.24) is 4.98 Å². The lowest BCUT2D eigenvalue weighted by Crippen LogP contribution is -2.07. The molecule has 1 heterocycles. The van der Waals surface area contributed by atoms with Crippen molar-refractivity contribution in [2.75, 3.05) is 5.32 Å². The van der Waals surface area contributed by atoms with Crippen molar-refractivity contribution in [3.8, 4) is 0 Å². The predicted octanol–water partition coefficient (Wildman–Crippen LogP) is 5.71. The highest BCUT2D eigenvalue weighted by molar-refractivity contribution is 6.42. The third-order valence-corrected chi connectivity index (χ3v) is 4.33. The lowest BCUT2D eigenvalue weighted by molar-refractivity contribution is 0.887. The SMILES string of the molecule is CC(Nc1cccc2cnccc12)c1cccc(Cl)c1Cl. The van der Waals surface area contributed by atoms with E-state index in [1.54, 1.807) is 12.3 Å². The Hall–Kier alpha value is -1.77. The van der Waals surface area contributed by atoms with Crippen molar-refractivity contribution >= 4 is 39.7 Å². The van der Waals surface area contributed by atoms with Crippen LogP contribution in [0.2, 0.25) is 10.0 Å². The molecule has 1 N–H and O–H groups in total. The summed E-state index contributed by atoms with van der Waals surface area (Å²) >= 11 is 12.4. The second kappa shape index (κ2) is 5.92. The van der Waals surface area contributed by atoms with Crippen LogP contribution in [-0.4, -0.2) is 4.98 Å². The summed E-state index contributed by atoms with van der Waals surface area (Å²) in [5.41, 5.74) is 2.04. The third-order valence-electron chi connectivity index (χ3n) is 3.50. The van der Waals surface area contributed by atoms with Crippen LogP contribution in [0.4, 0.5) is 5.69 Å².